The van der Waals surface area contributed by atoms with E-state index in [1.54, 1.807) is 0 Å². The molecule has 0 saturated carbocycles. The summed E-state index contributed by atoms with van der Waals surface area (Å²) in [6.07, 6.45) is 0. The van der Waals surface area contributed by atoms with E-state index < -0.39 is 4.92 Å². The van der Waals surface area contributed by atoms with Crippen molar-refractivity contribution in [3.05, 3.63) is 33.0 Å². The number of nitrogens with zero attached hydrogens (tertiary/aromatic N) is 3. The van der Waals surface area contributed by atoms with E-state index >= 15 is 0 Å². The smallest absolute Gasteiger partial charge is 0.310 e. The average molecular weight is 300 g/mol. The Balaban J connectivity index is 2.48. The summed E-state index contributed by atoms with van der Waals surface area (Å²) in [7, 11) is 1.36. The quantitative estimate of drug-likeness (QED) is 0.638. The van der Waals surface area contributed by atoms with Crippen LogP contribution in [0.3, 0.4) is 0 Å². The van der Waals surface area contributed by atoms with Crippen LogP contribution in [0.25, 0.3) is 11.5 Å². The molecular weight excluding hydrogens is 294 g/mol. The third kappa shape index (κ3) is 2.26. The van der Waals surface area contributed by atoms with Crippen molar-refractivity contribution in [2.75, 3.05) is 7.11 Å². The van der Waals surface area contributed by atoms with Crippen LogP contribution in [-0.2, 0) is 0 Å². The van der Waals surface area contributed by atoms with Gasteiger partial charge in [0.1, 0.15) is 0 Å². The van der Waals surface area contributed by atoms with E-state index in [-0.39, 0.29) is 17.3 Å². The number of benzene rings is 1. The Kier molecular flexibility index (Phi) is 3.05. The number of rotatable bonds is 3. The maximum Gasteiger partial charge on any atom is 0.310 e. The van der Waals surface area contributed by atoms with Gasteiger partial charge in [-0.25, -0.2) is 0 Å². The Morgan fingerprint density at radius 2 is 2.29 bits per heavy atom. The van der Waals surface area contributed by atoms with E-state index in [9.17, 15) is 10.1 Å². The summed E-state index contributed by atoms with van der Waals surface area (Å²) >= 11 is 3.05. The van der Waals surface area contributed by atoms with E-state index in [4.69, 9.17) is 9.26 Å². The molecule has 0 aliphatic carbocycles. The van der Waals surface area contributed by atoms with Crippen LogP contribution in [0.1, 0.15) is 0 Å². The van der Waals surface area contributed by atoms with Gasteiger partial charge in [0.05, 0.1) is 12.0 Å². The Bertz CT molecular complexity index is 569. The number of hydrogen-bond donors (Lipinski definition) is 0. The average Bonchev–Trinajstić information content (AvgIpc) is 2.75. The van der Waals surface area contributed by atoms with Crippen LogP contribution < -0.4 is 4.74 Å². The van der Waals surface area contributed by atoms with Gasteiger partial charge in [0.15, 0.2) is 5.75 Å². The van der Waals surface area contributed by atoms with E-state index in [1.165, 1.54) is 25.3 Å². The molecule has 7 nitrogen and oxygen atoms in total. The Hall–Kier alpha value is -1.96. The molecule has 0 unspecified atom stereocenters. The largest absolute Gasteiger partial charge is 0.490 e. The Morgan fingerprint density at radius 3 is 2.82 bits per heavy atom. The summed E-state index contributed by atoms with van der Waals surface area (Å²) in [5.41, 5.74) is 0.431. The second kappa shape index (κ2) is 4.50. The maximum absolute atomic E-state index is 10.7. The zero-order valence-electron chi connectivity index (χ0n) is 8.58. The van der Waals surface area contributed by atoms with E-state index in [1.807, 2.05) is 0 Å². The lowest BCUT2D eigenvalue weighted by atomic mass is 10.2. The normalized spacial score (nSPS) is 10.2. The number of halogens is 1. The molecule has 0 spiro atoms. The summed E-state index contributed by atoms with van der Waals surface area (Å²) in [6.45, 7) is 0. The van der Waals surface area contributed by atoms with Gasteiger partial charge in [-0.2, -0.15) is 4.98 Å². The van der Waals surface area contributed by atoms with E-state index in [2.05, 4.69) is 26.1 Å². The predicted molar refractivity (Wildman–Crippen MR) is 60.6 cm³/mol. The van der Waals surface area contributed by atoms with Gasteiger partial charge in [-0.15, -0.1) is 0 Å². The molecule has 1 heterocycles. The number of nitro groups is 1. The number of methoxy groups -OCH3 is 1. The van der Waals surface area contributed by atoms with Crippen LogP contribution in [0.4, 0.5) is 5.69 Å². The molecule has 2 rings (SSSR count). The zero-order valence-corrected chi connectivity index (χ0v) is 10.2. The number of aromatic nitrogens is 2. The highest BCUT2D eigenvalue weighted by atomic mass is 79.9. The minimum Gasteiger partial charge on any atom is -0.490 e. The third-order valence-electron chi connectivity index (χ3n) is 2.02. The van der Waals surface area contributed by atoms with Crippen LogP contribution in [0.5, 0.6) is 5.75 Å². The Morgan fingerprint density at radius 1 is 1.53 bits per heavy atom. The number of hydrogen-bond acceptors (Lipinski definition) is 6. The van der Waals surface area contributed by atoms with Crippen molar-refractivity contribution in [2.24, 2.45) is 0 Å². The van der Waals surface area contributed by atoms with Gasteiger partial charge in [-0.1, -0.05) is 0 Å². The van der Waals surface area contributed by atoms with Gasteiger partial charge >= 0.3 is 5.69 Å². The molecule has 1 aromatic carbocycles. The molecule has 2 aromatic rings. The first-order chi connectivity index (χ1) is 8.11. The standard InChI is InChI=1S/C9H6BrN3O4/c1-16-7-4-5(2-3-6(7)13(14)15)8-11-9(10)12-17-8/h2-4H,1H3. The lowest BCUT2D eigenvalue weighted by Crippen LogP contribution is -1.93. The summed E-state index contributed by atoms with van der Waals surface area (Å²) in [5.74, 6) is 0.395. The molecule has 0 N–H and O–H groups in total. The molecule has 8 heteroatoms. The minimum absolute atomic E-state index is 0.116. The van der Waals surface area contributed by atoms with Crippen molar-refractivity contribution in [3.63, 3.8) is 0 Å². The second-order valence-corrected chi connectivity index (χ2v) is 3.72. The van der Waals surface area contributed by atoms with Crippen molar-refractivity contribution in [2.45, 2.75) is 0 Å². The fraction of sp³-hybridized carbons (Fsp3) is 0.111. The molecule has 0 radical (unpaired) electrons. The van der Waals surface area contributed by atoms with Crippen molar-refractivity contribution in [1.29, 1.82) is 0 Å². The molecule has 0 fully saturated rings. The molecular formula is C9H6BrN3O4. The summed E-state index contributed by atoms with van der Waals surface area (Å²) in [6, 6.07) is 4.31. The molecule has 0 aliphatic heterocycles. The van der Waals surface area contributed by atoms with Gasteiger partial charge in [-0.05, 0) is 27.2 Å². The zero-order chi connectivity index (χ0) is 12.4. The van der Waals surface area contributed by atoms with Gasteiger partial charge < -0.3 is 9.26 Å². The third-order valence-corrected chi connectivity index (χ3v) is 2.35. The first-order valence-corrected chi connectivity index (χ1v) is 5.23. The monoisotopic (exact) mass is 299 g/mol. The number of nitro benzene ring substituents is 1. The molecule has 0 bridgehead atoms. The van der Waals surface area contributed by atoms with Crippen molar-refractivity contribution >= 4 is 21.6 Å². The highest BCUT2D eigenvalue weighted by Crippen LogP contribution is 2.31. The highest BCUT2D eigenvalue weighted by molar-refractivity contribution is 9.10. The molecule has 88 valence electrons. The van der Waals surface area contributed by atoms with Crippen molar-refractivity contribution in [3.8, 4) is 17.2 Å². The fourth-order valence-corrected chi connectivity index (χ4v) is 1.52. The topological polar surface area (TPSA) is 91.3 Å². The first kappa shape index (κ1) is 11.5. The molecule has 1 aromatic heterocycles. The Labute approximate surface area is 104 Å². The van der Waals surface area contributed by atoms with Gasteiger partial charge in [0.25, 0.3) is 5.89 Å². The SMILES string of the molecule is COc1cc(-c2nc(Br)no2)ccc1[N+](=O)[O-]. The molecule has 17 heavy (non-hydrogen) atoms. The summed E-state index contributed by atoms with van der Waals surface area (Å²) in [5, 5.41) is 14.3. The predicted octanol–water partition coefficient (Wildman–Crippen LogP) is 2.42. The van der Waals surface area contributed by atoms with Gasteiger partial charge in [-0.3, -0.25) is 10.1 Å². The summed E-state index contributed by atoms with van der Waals surface area (Å²) < 4.78 is 10.2. The van der Waals surface area contributed by atoms with Gasteiger partial charge in [0, 0.05) is 17.7 Å². The first-order valence-electron chi connectivity index (χ1n) is 4.44. The van der Waals surface area contributed by atoms with Crippen LogP contribution in [-0.4, -0.2) is 22.2 Å². The van der Waals surface area contributed by atoms with Crippen LogP contribution >= 0.6 is 15.9 Å². The second-order valence-electron chi connectivity index (χ2n) is 3.01. The van der Waals surface area contributed by atoms with Crippen molar-refractivity contribution in [1.82, 2.24) is 10.1 Å². The lowest BCUT2D eigenvalue weighted by molar-refractivity contribution is -0.385. The fourth-order valence-electron chi connectivity index (χ4n) is 1.28. The lowest BCUT2D eigenvalue weighted by Gasteiger charge is -2.02. The van der Waals surface area contributed by atoms with Crippen LogP contribution in [0.2, 0.25) is 0 Å². The molecule has 0 saturated heterocycles. The van der Waals surface area contributed by atoms with Crippen molar-refractivity contribution < 1.29 is 14.2 Å². The highest BCUT2D eigenvalue weighted by Gasteiger charge is 2.17. The minimum atomic E-state index is -0.521. The van der Waals surface area contributed by atoms with Crippen LogP contribution in [0.15, 0.2) is 27.5 Å². The summed E-state index contributed by atoms with van der Waals surface area (Å²) in [4.78, 5) is 14.1. The van der Waals surface area contributed by atoms with E-state index in [0.717, 1.165) is 0 Å². The maximum atomic E-state index is 10.7. The molecule has 0 amide bonds. The molecule has 0 atom stereocenters. The van der Waals surface area contributed by atoms with Crippen LogP contribution in [0, 0.1) is 10.1 Å². The van der Waals surface area contributed by atoms with E-state index in [0.29, 0.717) is 10.3 Å². The molecule has 0 aliphatic rings. The van der Waals surface area contributed by atoms with Gasteiger partial charge in [0.2, 0.25) is 4.73 Å². The number of ether oxygens (including phenoxy) is 1.